The van der Waals surface area contributed by atoms with Crippen LogP contribution < -0.4 is 0 Å². The Morgan fingerprint density at radius 2 is 0.561 bits per heavy atom. The third kappa shape index (κ3) is 23.5. The zero-order valence-corrected chi connectivity index (χ0v) is 29.0. The summed E-state index contributed by atoms with van der Waals surface area (Å²) in [5, 5.41) is 0. The summed E-state index contributed by atoms with van der Waals surface area (Å²) in [5.74, 6) is 0. The van der Waals surface area contributed by atoms with Crippen LogP contribution in [0, 0.1) is 0 Å². The van der Waals surface area contributed by atoms with Gasteiger partial charge in [-0.3, -0.25) is 0 Å². The van der Waals surface area contributed by atoms with E-state index in [1.807, 2.05) is 0 Å². The third-order valence-electron chi connectivity index (χ3n) is 9.57. The lowest BCUT2D eigenvalue weighted by Gasteiger charge is -2.33. The Balaban J connectivity index is 2.18. The molecule has 0 amide bonds. The molecule has 1 heterocycles. The van der Waals surface area contributed by atoms with Gasteiger partial charge in [-0.15, -0.1) is 0 Å². The highest BCUT2D eigenvalue weighted by Gasteiger charge is 2.24. The lowest BCUT2D eigenvalue weighted by Crippen LogP contribution is -2.39. The highest BCUT2D eigenvalue weighted by molar-refractivity contribution is 4.97. The van der Waals surface area contributed by atoms with Gasteiger partial charge in [0.2, 0.25) is 0 Å². The number of hydrogen-bond acceptors (Lipinski definition) is 2. The molecule has 41 heavy (non-hydrogen) atoms. The zero-order valence-electron chi connectivity index (χ0n) is 29.0. The Morgan fingerprint density at radius 1 is 0.317 bits per heavy atom. The summed E-state index contributed by atoms with van der Waals surface area (Å²) >= 11 is 0. The van der Waals surface area contributed by atoms with E-state index in [0.717, 1.165) is 0 Å². The smallest absolute Gasteiger partial charge is 0.101 e. The number of hydrogen-bond donors (Lipinski definition) is 0. The fourth-order valence-electron chi connectivity index (χ4n) is 6.72. The Kier molecular flexibility index (Phi) is 28.8. The van der Waals surface area contributed by atoms with Crippen molar-refractivity contribution in [3.05, 3.63) is 12.4 Å². The van der Waals surface area contributed by atoms with E-state index in [4.69, 9.17) is 0 Å². The predicted molar refractivity (Wildman–Crippen MR) is 186 cm³/mol. The van der Waals surface area contributed by atoms with Gasteiger partial charge in [0, 0.05) is 25.5 Å². The minimum absolute atomic E-state index is 0.640. The lowest BCUT2D eigenvalue weighted by atomic mass is 10.0. The van der Waals surface area contributed by atoms with Crippen LogP contribution in [-0.4, -0.2) is 29.1 Å². The Morgan fingerprint density at radius 3 is 0.854 bits per heavy atom. The van der Waals surface area contributed by atoms with Gasteiger partial charge in [-0.2, -0.15) is 0 Å². The topological polar surface area (TPSA) is 6.48 Å². The first-order chi connectivity index (χ1) is 20.3. The highest BCUT2D eigenvalue weighted by atomic mass is 15.4. The van der Waals surface area contributed by atoms with Crippen molar-refractivity contribution in [3.8, 4) is 0 Å². The van der Waals surface area contributed by atoms with Crippen LogP contribution in [0.5, 0.6) is 0 Å². The molecule has 1 unspecified atom stereocenters. The molecule has 1 rings (SSSR count). The molecule has 0 fully saturated rings. The quantitative estimate of drug-likeness (QED) is 0.0719. The summed E-state index contributed by atoms with van der Waals surface area (Å²) in [5.41, 5.74) is 0. The molecule has 0 aromatic rings. The third-order valence-corrected chi connectivity index (χ3v) is 9.57. The Bertz CT molecular complexity index is 530. The van der Waals surface area contributed by atoms with Crippen LogP contribution in [-0.2, 0) is 0 Å². The maximum atomic E-state index is 2.71. The van der Waals surface area contributed by atoms with Crippen molar-refractivity contribution >= 4 is 0 Å². The zero-order chi connectivity index (χ0) is 29.5. The van der Waals surface area contributed by atoms with Gasteiger partial charge in [0.1, 0.15) is 6.17 Å². The van der Waals surface area contributed by atoms with E-state index in [1.54, 1.807) is 0 Å². The van der Waals surface area contributed by atoms with Crippen molar-refractivity contribution < 1.29 is 0 Å². The average Bonchev–Trinajstić information content (AvgIpc) is 3.37. The molecule has 0 N–H and O–H groups in total. The first-order valence-electron chi connectivity index (χ1n) is 19.5. The second kappa shape index (κ2) is 30.8. The summed E-state index contributed by atoms with van der Waals surface area (Å²) in [6.07, 6.45) is 49.9. The molecular formula is C39H78N2. The summed E-state index contributed by atoms with van der Waals surface area (Å²) in [6.45, 7) is 9.48. The van der Waals surface area contributed by atoms with Gasteiger partial charge in [-0.25, -0.2) is 0 Å². The van der Waals surface area contributed by atoms with Crippen molar-refractivity contribution in [2.45, 2.75) is 226 Å². The Labute approximate surface area is 260 Å². The number of nitrogens with zero attached hydrogens (tertiary/aromatic N) is 2. The minimum atomic E-state index is 0.640. The maximum absolute atomic E-state index is 2.71. The van der Waals surface area contributed by atoms with E-state index in [-0.39, 0.29) is 0 Å². The van der Waals surface area contributed by atoms with Crippen LogP contribution in [0.2, 0.25) is 0 Å². The van der Waals surface area contributed by atoms with Crippen LogP contribution in [0.3, 0.4) is 0 Å². The molecular weight excluding hydrogens is 496 g/mol. The molecule has 0 radical (unpaired) electrons. The molecule has 2 heteroatoms. The van der Waals surface area contributed by atoms with E-state index >= 15 is 0 Å². The fourth-order valence-corrected chi connectivity index (χ4v) is 6.72. The maximum Gasteiger partial charge on any atom is 0.101 e. The minimum Gasteiger partial charge on any atom is -0.356 e. The van der Waals surface area contributed by atoms with E-state index in [0.29, 0.717) is 6.17 Å². The van der Waals surface area contributed by atoms with Crippen molar-refractivity contribution in [2.75, 3.05) is 13.1 Å². The molecule has 2 nitrogen and oxygen atoms in total. The summed E-state index contributed by atoms with van der Waals surface area (Å²) in [7, 11) is 0. The van der Waals surface area contributed by atoms with Gasteiger partial charge in [-0.1, -0.05) is 194 Å². The molecule has 0 bridgehead atoms. The fraction of sp³-hybridized carbons (Fsp3) is 0.949. The van der Waals surface area contributed by atoms with Gasteiger partial charge < -0.3 is 9.80 Å². The van der Waals surface area contributed by atoms with E-state index in [1.165, 1.54) is 212 Å². The SMILES string of the molecule is CCCCCCCCCCCCCCCCCC1N(CCCCCCCCC)C=CN1CCCCCCCCCC. The average molecular weight is 575 g/mol. The van der Waals surface area contributed by atoms with Gasteiger partial charge in [0.15, 0.2) is 0 Å². The van der Waals surface area contributed by atoms with Crippen LogP contribution in [0.4, 0.5) is 0 Å². The van der Waals surface area contributed by atoms with Crippen molar-refractivity contribution in [1.82, 2.24) is 9.80 Å². The van der Waals surface area contributed by atoms with Gasteiger partial charge in [0.25, 0.3) is 0 Å². The molecule has 0 aromatic carbocycles. The first kappa shape index (κ1) is 38.4. The highest BCUT2D eigenvalue weighted by Crippen LogP contribution is 2.24. The van der Waals surface area contributed by atoms with Crippen LogP contribution in [0.25, 0.3) is 0 Å². The Hall–Kier alpha value is -0.660. The van der Waals surface area contributed by atoms with Crippen LogP contribution in [0.1, 0.15) is 220 Å². The molecule has 1 atom stereocenters. The van der Waals surface area contributed by atoms with Crippen LogP contribution >= 0.6 is 0 Å². The molecule has 0 aliphatic carbocycles. The largest absolute Gasteiger partial charge is 0.356 e. The lowest BCUT2D eigenvalue weighted by molar-refractivity contribution is 0.135. The number of unbranched alkanes of at least 4 members (excludes halogenated alkanes) is 27. The van der Waals surface area contributed by atoms with Crippen molar-refractivity contribution in [2.24, 2.45) is 0 Å². The van der Waals surface area contributed by atoms with Gasteiger partial charge in [-0.05, 0) is 25.7 Å². The molecule has 1 aliphatic heterocycles. The summed E-state index contributed by atoms with van der Waals surface area (Å²) < 4.78 is 0. The molecule has 1 aliphatic rings. The second-order valence-corrected chi connectivity index (χ2v) is 13.6. The van der Waals surface area contributed by atoms with Crippen molar-refractivity contribution in [3.63, 3.8) is 0 Å². The standard InChI is InChI=1S/C39H78N2/c1-4-7-10-13-16-18-19-20-21-22-23-24-25-28-31-34-39-40(35-32-29-26-15-12-9-6-3)37-38-41(39)36-33-30-27-17-14-11-8-5-2/h37-39H,4-36H2,1-3H3. The van der Waals surface area contributed by atoms with E-state index in [2.05, 4.69) is 43.0 Å². The molecule has 0 spiro atoms. The molecule has 0 saturated heterocycles. The second-order valence-electron chi connectivity index (χ2n) is 13.6. The number of rotatable bonds is 33. The van der Waals surface area contributed by atoms with E-state index < -0.39 is 0 Å². The summed E-state index contributed by atoms with van der Waals surface area (Å²) in [4.78, 5) is 5.42. The van der Waals surface area contributed by atoms with Gasteiger partial charge in [0.05, 0.1) is 0 Å². The van der Waals surface area contributed by atoms with Gasteiger partial charge >= 0.3 is 0 Å². The van der Waals surface area contributed by atoms with E-state index in [9.17, 15) is 0 Å². The first-order valence-corrected chi connectivity index (χ1v) is 19.5. The normalized spacial score (nSPS) is 15.0. The molecule has 0 aromatic heterocycles. The van der Waals surface area contributed by atoms with Crippen LogP contribution in [0.15, 0.2) is 12.4 Å². The molecule has 244 valence electrons. The molecule has 0 saturated carbocycles. The monoisotopic (exact) mass is 575 g/mol. The van der Waals surface area contributed by atoms with Crippen molar-refractivity contribution in [1.29, 1.82) is 0 Å². The predicted octanol–water partition coefficient (Wildman–Crippen LogP) is 13.6. The summed E-state index contributed by atoms with van der Waals surface area (Å²) in [6, 6.07) is 0.